The zero-order valence-corrected chi connectivity index (χ0v) is 15.0. The highest BCUT2D eigenvalue weighted by molar-refractivity contribution is 6.35. The van der Waals surface area contributed by atoms with Crippen LogP contribution in [0.3, 0.4) is 0 Å². The number of carbonyl (C=O) groups is 3. The minimum Gasteiger partial charge on any atom is -0.289 e. The largest absolute Gasteiger partial charge is 0.289 e. The van der Waals surface area contributed by atoms with Crippen LogP contribution < -0.4 is 4.90 Å². The van der Waals surface area contributed by atoms with Gasteiger partial charge in [-0.2, -0.15) is 0 Å². The summed E-state index contributed by atoms with van der Waals surface area (Å²) >= 11 is 0. The number of carbonyl (C=O) groups excluding carboxylic acids is 3. The molecule has 0 spiro atoms. The molecule has 0 saturated carbocycles. The number of imide groups is 1. The topological polar surface area (TPSA) is 54.5 Å². The van der Waals surface area contributed by atoms with E-state index in [4.69, 9.17) is 0 Å². The van der Waals surface area contributed by atoms with Gasteiger partial charge in [0.05, 0.1) is 16.8 Å². The van der Waals surface area contributed by atoms with Gasteiger partial charge in [0.25, 0.3) is 11.8 Å². The third kappa shape index (κ3) is 2.75. The number of hydrogen-bond acceptors (Lipinski definition) is 3. The Hall–Kier alpha value is -3.53. The zero-order chi connectivity index (χ0) is 19.1. The van der Waals surface area contributed by atoms with E-state index in [1.165, 1.54) is 0 Å². The second kappa shape index (κ2) is 6.32. The predicted molar refractivity (Wildman–Crippen MR) is 103 cm³/mol. The Morgan fingerprint density at radius 2 is 1.26 bits per heavy atom. The maximum atomic E-state index is 13.2. The Bertz CT molecular complexity index is 1060. The fourth-order valence-electron chi connectivity index (χ4n) is 3.53. The Morgan fingerprint density at radius 3 is 1.85 bits per heavy atom. The zero-order valence-electron chi connectivity index (χ0n) is 15.0. The first-order valence-electron chi connectivity index (χ1n) is 8.67. The first-order valence-corrected chi connectivity index (χ1v) is 8.67. The normalized spacial score (nSPS) is 13.0. The summed E-state index contributed by atoms with van der Waals surface area (Å²) in [5, 5.41) is 0. The Labute approximate surface area is 157 Å². The van der Waals surface area contributed by atoms with Crippen LogP contribution in [0.2, 0.25) is 0 Å². The lowest BCUT2D eigenvalue weighted by Gasteiger charge is -2.18. The highest BCUT2D eigenvalue weighted by atomic mass is 16.2. The van der Waals surface area contributed by atoms with Crippen molar-refractivity contribution >= 4 is 23.3 Å². The van der Waals surface area contributed by atoms with Gasteiger partial charge in [-0.1, -0.05) is 41.5 Å². The SMILES string of the molecule is Cc1cc(C)cc(C(=O)c2ccccc2N2C(=O)c3ccccc3C2=O)c1. The highest BCUT2D eigenvalue weighted by Crippen LogP contribution is 2.32. The average molecular weight is 355 g/mol. The van der Waals surface area contributed by atoms with E-state index in [0.29, 0.717) is 27.9 Å². The summed E-state index contributed by atoms with van der Waals surface area (Å²) in [7, 11) is 0. The first kappa shape index (κ1) is 16.9. The van der Waals surface area contributed by atoms with Crippen molar-refractivity contribution in [3.05, 3.63) is 100 Å². The van der Waals surface area contributed by atoms with E-state index >= 15 is 0 Å². The molecule has 1 heterocycles. The van der Waals surface area contributed by atoms with Crippen molar-refractivity contribution in [2.45, 2.75) is 13.8 Å². The van der Waals surface area contributed by atoms with Gasteiger partial charge < -0.3 is 0 Å². The quantitative estimate of drug-likeness (QED) is 0.519. The molecule has 1 aliphatic heterocycles. The fraction of sp³-hybridized carbons (Fsp3) is 0.0870. The van der Waals surface area contributed by atoms with Crippen molar-refractivity contribution < 1.29 is 14.4 Å². The summed E-state index contributed by atoms with van der Waals surface area (Å²) in [6, 6.07) is 19.1. The third-order valence-electron chi connectivity index (χ3n) is 4.67. The molecule has 4 nitrogen and oxygen atoms in total. The van der Waals surface area contributed by atoms with Gasteiger partial charge in [-0.25, -0.2) is 4.90 Å². The van der Waals surface area contributed by atoms with Crippen LogP contribution in [0, 0.1) is 13.8 Å². The van der Waals surface area contributed by atoms with Crippen molar-refractivity contribution in [1.29, 1.82) is 0 Å². The van der Waals surface area contributed by atoms with E-state index in [2.05, 4.69) is 0 Å². The van der Waals surface area contributed by atoms with Crippen LogP contribution >= 0.6 is 0 Å². The van der Waals surface area contributed by atoms with Crippen molar-refractivity contribution in [2.75, 3.05) is 4.90 Å². The lowest BCUT2D eigenvalue weighted by atomic mass is 9.98. The number of fused-ring (bicyclic) bond motifs is 1. The molecule has 1 aliphatic rings. The summed E-state index contributed by atoms with van der Waals surface area (Å²) in [5.74, 6) is -1.03. The summed E-state index contributed by atoms with van der Waals surface area (Å²) in [5.41, 5.74) is 3.86. The summed E-state index contributed by atoms with van der Waals surface area (Å²) < 4.78 is 0. The molecule has 0 atom stereocenters. The molecule has 0 N–H and O–H groups in total. The summed E-state index contributed by atoms with van der Waals surface area (Å²) in [6.45, 7) is 3.86. The molecule has 4 heteroatoms. The Kier molecular flexibility index (Phi) is 3.96. The fourth-order valence-corrected chi connectivity index (χ4v) is 3.53. The predicted octanol–water partition coefficient (Wildman–Crippen LogP) is 4.34. The summed E-state index contributed by atoms with van der Waals surface area (Å²) in [4.78, 5) is 39.9. The van der Waals surface area contributed by atoms with Crippen molar-refractivity contribution in [2.24, 2.45) is 0 Å². The molecule has 132 valence electrons. The Morgan fingerprint density at radius 1 is 0.741 bits per heavy atom. The van der Waals surface area contributed by atoms with Crippen LogP contribution in [0.15, 0.2) is 66.7 Å². The highest BCUT2D eigenvalue weighted by Gasteiger charge is 2.38. The molecular weight excluding hydrogens is 338 g/mol. The van der Waals surface area contributed by atoms with E-state index < -0.39 is 11.8 Å². The van der Waals surface area contributed by atoms with Crippen LogP contribution in [0.25, 0.3) is 0 Å². The lowest BCUT2D eigenvalue weighted by molar-refractivity contribution is 0.0926. The molecule has 0 saturated heterocycles. The maximum absolute atomic E-state index is 13.2. The molecule has 3 aromatic rings. The van der Waals surface area contributed by atoms with Gasteiger partial charge in [0.15, 0.2) is 5.78 Å². The summed E-state index contributed by atoms with van der Waals surface area (Å²) in [6.07, 6.45) is 0. The second-order valence-electron chi connectivity index (χ2n) is 6.71. The number of amides is 2. The number of nitrogens with zero attached hydrogens (tertiary/aromatic N) is 1. The van der Waals surface area contributed by atoms with E-state index in [9.17, 15) is 14.4 Å². The molecule has 2 amide bonds. The molecule has 0 fully saturated rings. The molecule has 0 radical (unpaired) electrons. The molecule has 3 aromatic carbocycles. The first-order chi connectivity index (χ1) is 13.0. The number of rotatable bonds is 3. The standard InChI is InChI=1S/C23H17NO3/c1-14-11-15(2)13-16(12-14)21(25)19-9-5-6-10-20(19)24-22(26)17-7-3-4-8-18(17)23(24)27/h3-13H,1-2H3. The lowest BCUT2D eigenvalue weighted by Crippen LogP contribution is -2.31. The average Bonchev–Trinajstić information content (AvgIpc) is 2.91. The minimum atomic E-state index is -0.406. The number of hydrogen-bond donors (Lipinski definition) is 0. The van der Waals surface area contributed by atoms with Crippen LogP contribution in [0.4, 0.5) is 5.69 Å². The van der Waals surface area contributed by atoms with Crippen LogP contribution in [0.5, 0.6) is 0 Å². The number of benzene rings is 3. The third-order valence-corrected chi connectivity index (χ3v) is 4.67. The minimum absolute atomic E-state index is 0.214. The monoisotopic (exact) mass is 355 g/mol. The van der Waals surface area contributed by atoms with Crippen molar-refractivity contribution in [3.63, 3.8) is 0 Å². The number of para-hydroxylation sites is 1. The van der Waals surface area contributed by atoms with Crippen LogP contribution in [-0.2, 0) is 0 Å². The number of aryl methyl sites for hydroxylation is 2. The van der Waals surface area contributed by atoms with E-state index in [1.807, 2.05) is 32.0 Å². The molecular formula is C23H17NO3. The molecule has 0 unspecified atom stereocenters. The number of anilines is 1. The molecule has 27 heavy (non-hydrogen) atoms. The van der Waals surface area contributed by atoms with Crippen molar-refractivity contribution in [1.82, 2.24) is 0 Å². The van der Waals surface area contributed by atoms with E-state index in [0.717, 1.165) is 16.0 Å². The molecule has 0 bridgehead atoms. The smallest absolute Gasteiger partial charge is 0.266 e. The van der Waals surface area contributed by atoms with E-state index in [-0.39, 0.29) is 5.78 Å². The van der Waals surface area contributed by atoms with Crippen LogP contribution in [0.1, 0.15) is 47.8 Å². The van der Waals surface area contributed by atoms with Crippen molar-refractivity contribution in [3.8, 4) is 0 Å². The van der Waals surface area contributed by atoms with Gasteiger partial charge in [0.2, 0.25) is 0 Å². The van der Waals surface area contributed by atoms with Gasteiger partial charge in [-0.3, -0.25) is 14.4 Å². The van der Waals surface area contributed by atoms with Gasteiger partial charge in [-0.15, -0.1) is 0 Å². The molecule has 0 aliphatic carbocycles. The second-order valence-corrected chi connectivity index (χ2v) is 6.71. The van der Waals surface area contributed by atoms with Gasteiger partial charge >= 0.3 is 0 Å². The number of ketones is 1. The van der Waals surface area contributed by atoms with E-state index in [1.54, 1.807) is 48.5 Å². The molecule has 4 rings (SSSR count). The van der Waals surface area contributed by atoms with Gasteiger partial charge in [-0.05, 0) is 50.2 Å². The van der Waals surface area contributed by atoms with Crippen LogP contribution in [-0.4, -0.2) is 17.6 Å². The van der Waals surface area contributed by atoms with Gasteiger partial charge in [0.1, 0.15) is 0 Å². The molecule has 0 aromatic heterocycles. The maximum Gasteiger partial charge on any atom is 0.266 e. The Balaban J connectivity index is 1.82. The van der Waals surface area contributed by atoms with Gasteiger partial charge in [0, 0.05) is 11.1 Å².